The molecule has 22 heavy (non-hydrogen) atoms. The first-order chi connectivity index (χ1) is 10.3. The maximum absolute atomic E-state index is 11.7. The Morgan fingerprint density at radius 3 is 2.41 bits per heavy atom. The lowest BCUT2D eigenvalue weighted by Crippen LogP contribution is -2.41. The number of amides is 1. The molecular formula is C16H23BN2O3. The van der Waals surface area contributed by atoms with E-state index in [4.69, 9.17) is 9.31 Å². The minimum Gasteiger partial charge on any atom is -0.399 e. The van der Waals surface area contributed by atoms with Crippen molar-refractivity contribution >= 4 is 18.5 Å². The predicted molar refractivity (Wildman–Crippen MR) is 84.6 cm³/mol. The summed E-state index contributed by atoms with van der Waals surface area (Å²) in [4.78, 5) is 18.0. The van der Waals surface area contributed by atoms with Crippen LogP contribution in [0.5, 0.6) is 0 Å². The van der Waals surface area contributed by atoms with Crippen LogP contribution in [0, 0.1) is 0 Å². The van der Waals surface area contributed by atoms with Gasteiger partial charge in [-0.15, -0.1) is 0 Å². The Kier molecular flexibility index (Phi) is 3.77. The number of carbonyl (C=O) groups excluding carboxylic acids is 1. The number of hydrogen-bond acceptors (Lipinski definition) is 4. The van der Waals surface area contributed by atoms with Crippen molar-refractivity contribution in [1.29, 1.82) is 0 Å². The second kappa shape index (κ2) is 5.35. The van der Waals surface area contributed by atoms with Crippen LogP contribution in [0.15, 0.2) is 18.3 Å². The monoisotopic (exact) mass is 302 g/mol. The highest BCUT2D eigenvalue weighted by molar-refractivity contribution is 6.62. The molecular weight excluding hydrogens is 279 g/mol. The third kappa shape index (κ3) is 2.77. The normalized spacial score (nSPS) is 23.4. The van der Waals surface area contributed by atoms with E-state index >= 15 is 0 Å². The van der Waals surface area contributed by atoms with Crippen LogP contribution in [0.4, 0.5) is 0 Å². The lowest BCUT2D eigenvalue weighted by molar-refractivity contribution is -0.128. The minimum absolute atomic E-state index is 0.219. The van der Waals surface area contributed by atoms with Gasteiger partial charge in [-0.25, -0.2) is 0 Å². The fourth-order valence-electron chi connectivity index (χ4n) is 2.71. The van der Waals surface area contributed by atoms with Crippen molar-refractivity contribution in [3.8, 4) is 0 Å². The molecule has 0 radical (unpaired) electrons. The highest BCUT2D eigenvalue weighted by Gasteiger charge is 2.51. The lowest BCUT2D eigenvalue weighted by Gasteiger charge is -2.32. The van der Waals surface area contributed by atoms with E-state index in [9.17, 15) is 4.79 Å². The highest BCUT2D eigenvalue weighted by atomic mass is 16.7. The molecule has 0 aliphatic carbocycles. The number of carbonyl (C=O) groups is 1. The molecule has 1 aromatic rings. The molecule has 1 aromatic heterocycles. The first-order valence-electron chi connectivity index (χ1n) is 7.87. The van der Waals surface area contributed by atoms with Crippen molar-refractivity contribution in [3.05, 3.63) is 24.0 Å². The second-order valence-corrected chi connectivity index (χ2v) is 7.09. The van der Waals surface area contributed by atoms with Crippen LogP contribution < -0.4 is 5.46 Å². The summed E-state index contributed by atoms with van der Waals surface area (Å²) >= 11 is 0. The van der Waals surface area contributed by atoms with Gasteiger partial charge in [0, 0.05) is 24.6 Å². The van der Waals surface area contributed by atoms with Crippen molar-refractivity contribution in [1.82, 2.24) is 9.88 Å². The molecule has 1 amide bonds. The number of hydrogen-bond donors (Lipinski definition) is 0. The van der Waals surface area contributed by atoms with Gasteiger partial charge in [0.2, 0.25) is 5.91 Å². The molecule has 118 valence electrons. The van der Waals surface area contributed by atoms with Crippen LogP contribution in [0.1, 0.15) is 46.2 Å². The van der Waals surface area contributed by atoms with Crippen LogP contribution >= 0.6 is 0 Å². The van der Waals surface area contributed by atoms with Gasteiger partial charge in [-0.2, -0.15) is 0 Å². The van der Waals surface area contributed by atoms with Gasteiger partial charge in [-0.05, 0) is 40.2 Å². The molecule has 2 aliphatic heterocycles. The van der Waals surface area contributed by atoms with Crippen LogP contribution in [0.25, 0.3) is 0 Å². The molecule has 2 fully saturated rings. The molecule has 0 unspecified atom stereocenters. The molecule has 0 atom stereocenters. The van der Waals surface area contributed by atoms with E-state index in [-0.39, 0.29) is 24.2 Å². The summed E-state index contributed by atoms with van der Waals surface area (Å²) in [5.41, 5.74) is 1.11. The summed E-state index contributed by atoms with van der Waals surface area (Å²) in [7, 11) is -0.389. The van der Waals surface area contributed by atoms with Crippen LogP contribution in [-0.2, 0) is 20.6 Å². The van der Waals surface area contributed by atoms with Crippen LogP contribution in [0.3, 0.4) is 0 Å². The maximum atomic E-state index is 11.7. The molecule has 0 aromatic carbocycles. The summed E-state index contributed by atoms with van der Waals surface area (Å²) < 4.78 is 12.0. The van der Waals surface area contributed by atoms with E-state index in [1.54, 1.807) is 6.20 Å². The average molecular weight is 302 g/mol. The molecule has 2 aliphatic rings. The number of nitrogens with zero attached hydrogens (tertiary/aromatic N) is 2. The first-order valence-corrected chi connectivity index (χ1v) is 7.87. The van der Waals surface area contributed by atoms with Crippen molar-refractivity contribution in [2.45, 2.75) is 58.3 Å². The zero-order valence-corrected chi connectivity index (χ0v) is 13.8. The quantitative estimate of drug-likeness (QED) is 0.794. The topological polar surface area (TPSA) is 51.7 Å². The van der Waals surface area contributed by atoms with E-state index in [0.29, 0.717) is 13.0 Å². The average Bonchev–Trinajstić information content (AvgIpc) is 2.92. The highest BCUT2D eigenvalue weighted by Crippen LogP contribution is 2.36. The van der Waals surface area contributed by atoms with Crippen molar-refractivity contribution < 1.29 is 14.1 Å². The van der Waals surface area contributed by atoms with Gasteiger partial charge >= 0.3 is 7.12 Å². The van der Waals surface area contributed by atoms with Crippen LogP contribution in [0.2, 0.25) is 0 Å². The van der Waals surface area contributed by atoms with Gasteiger partial charge in [-0.3, -0.25) is 9.78 Å². The third-order valence-corrected chi connectivity index (χ3v) is 4.90. The Hall–Kier alpha value is -1.40. The number of rotatable bonds is 3. The number of likely N-dealkylation sites (tertiary alicyclic amines) is 1. The SMILES string of the molecule is CC1(C)OB(c2ccc(CN3CCCC3=O)nc2)OC1(C)C. The van der Waals surface area contributed by atoms with E-state index < -0.39 is 0 Å². The summed E-state index contributed by atoms with van der Waals surface area (Å²) in [5, 5.41) is 0. The molecule has 5 nitrogen and oxygen atoms in total. The number of pyridine rings is 1. The fourth-order valence-corrected chi connectivity index (χ4v) is 2.71. The molecule has 3 rings (SSSR count). The molecule has 6 heteroatoms. The standard InChI is InChI=1S/C16H23BN2O3/c1-15(2)16(3,4)22-17(21-15)12-7-8-13(18-10-12)11-19-9-5-6-14(19)20/h7-8,10H,5-6,9,11H2,1-4H3. The molecule has 0 bridgehead atoms. The molecule has 3 heterocycles. The van der Waals surface area contributed by atoms with Crippen LogP contribution in [-0.4, -0.2) is 40.7 Å². The summed E-state index contributed by atoms with van der Waals surface area (Å²) in [6.07, 6.45) is 3.40. The minimum atomic E-state index is -0.389. The summed E-state index contributed by atoms with van der Waals surface area (Å²) in [6.45, 7) is 9.56. The van der Waals surface area contributed by atoms with E-state index in [1.807, 2.05) is 44.7 Å². The Morgan fingerprint density at radius 2 is 1.91 bits per heavy atom. The largest absolute Gasteiger partial charge is 0.496 e. The van der Waals surface area contributed by atoms with Gasteiger partial charge in [0.1, 0.15) is 0 Å². The van der Waals surface area contributed by atoms with Crippen molar-refractivity contribution in [2.75, 3.05) is 6.54 Å². The first kappa shape index (κ1) is 15.5. The zero-order chi connectivity index (χ0) is 16.0. The van der Waals surface area contributed by atoms with Gasteiger partial charge in [0.15, 0.2) is 0 Å². The Balaban J connectivity index is 1.69. The third-order valence-electron chi connectivity index (χ3n) is 4.90. The Bertz CT molecular complexity index is 555. The summed E-state index contributed by atoms with van der Waals surface area (Å²) in [6, 6.07) is 3.93. The lowest BCUT2D eigenvalue weighted by atomic mass is 9.80. The van der Waals surface area contributed by atoms with E-state index in [1.165, 1.54) is 0 Å². The Labute approximate surface area is 132 Å². The van der Waals surface area contributed by atoms with Gasteiger partial charge in [0.25, 0.3) is 0 Å². The maximum Gasteiger partial charge on any atom is 0.496 e. The second-order valence-electron chi connectivity index (χ2n) is 7.09. The molecule has 0 saturated carbocycles. The van der Waals surface area contributed by atoms with Gasteiger partial charge < -0.3 is 14.2 Å². The predicted octanol–water partition coefficient (Wildman–Crippen LogP) is 1.50. The molecule has 2 saturated heterocycles. The zero-order valence-electron chi connectivity index (χ0n) is 13.8. The van der Waals surface area contributed by atoms with E-state index in [0.717, 1.165) is 24.1 Å². The van der Waals surface area contributed by atoms with Gasteiger partial charge in [-0.1, -0.05) is 6.07 Å². The number of aromatic nitrogens is 1. The fraction of sp³-hybridized carbons (Fsp3) is 0.625. The Morgan fingerprint density at radius 1 is 1.23 bits per heavy atom. The molecule has 0 N–H and O–H groups in total. The summed E-state index contributed by atoms with van der Waals surface area (Å²) in [5.74, 6) is 0.219. The van der Waals surface area contributed by atoms with Crippen molar-refractivity contribution in [3.63, 3.8) is 0 Å². The van der Waals surface area contributed by atoms with Crippen molar-refractivity contribution in [2.24, 2.45) is 0 Å². The van der Waals surface area contributed by atoms with Gasteiger partial charge in [0.05, 0.1) is 23.4 Å². The molecule has 0 spiro atoms. The van der Waals surface area contributed by atoms with E-state index in [2.05, 4.69) is 4.98 Å². The smallest absolute Gasteiger partial charge is 0.399 e.